The van der Waals surface area contributed by atoms with Gasteiger partial charge in [-0.2, -0.15) is 0 Å². The molecule has 1 aromatic carbocycles. The molecule has 3 rings (SSSR count). The van der Waals surface area contributed by atoms with Gasteiger partial charge in [-0.25, -0.2) is 0 Å². The summed E-state index contributed by atoms with van der Waals surface area (Å²) in [4.78, 5) is 12.1. The Hall–Kier alpha value is -2.49. The second-order valence-electron chi connectivity index (χ2n) is 4.23. The summed E-state index contributed by atoms with van der Waals surface area (Å²) in [6.07, 6.45) is 3.75. The average Bonchev–Trinajstić information content (AvgIpc) is 2.83. The molecule has 0 aliphatic heterocycles. The number of nitrogens with zero attached hydrogens (tertiary/aromatic N) is 2. The van der Waals surface area contributed by atoms with Crippen molar-refractivity contribution >= 4 is 5.52 Å². The van der Waals surface area contributed by atoms with Crippen LogP contribution in [0.4, 0.5) is 0 Å². The minimum Gasteiger partial charge on any atom is -0.508 e. The number of phenols is 1. The third-order valence-corrected chi connectivity index (χ3v) is 3.09. The largest absolute Gasteiger partial charge is 0.508 e. The first-order valence-corrected chi connectivity index (χ1v) is 5.63. The van der Waals surface area contributed by atoms with Gasteiger partial charge in [0.25, 0.3) is 5.56 Å². The van der Waals surface area contributed by atoms with Crippen LogP contribution in [0, 0.1) is 0 Å². The molecule has 0 spiro atoms. The van der Waals surface area contributed by atoms with Crippen molar-refractivity contribution < 1.29 is 5.11 Å². The van der Waals surface area contributed by atoms with Crippen LogP contribution in [0.2, 0.25) is 0 Å². The lowest BCUT2D eigenvalue weighted by molar-refractivity contribution is 0.475. The van der Waals surface area contributed by atoms with E-state index in [1.807, 2.05) is 22.9 Å². The highest BCUT2D eigenvalue weighted by molar-refractivity contribution is 5.62. The van der Waals surface area contributed by atoms with Crippen molar-refractivity contribution in [3.63, 3.8) is 0 Å². The topological polar surface area (TPSA) is 46.6 Å². The number of benzene rings is 1. The van der Waals surface area contributed by atoms with E-state index >= 15 is 0 Å². The molecule has 0 unspecified atom stereocenters. The lowest BCUT2D eigenvalue weighted by Crippen LogP contribution is -2.20. The standard InChI is InChI=1S/C14H12N2O2/c1-15-13(10-4-6-11(17)7-5-10)9-16-8-2-3-12(16)14(15)18/h2-9,17H,1H3. The van der Waals surface area contributed by atoms with Crippen LogP contribution < -0.4 is 5.56 Å². The van der Waals surface area contributed by atoms with Crippen molar-refractivity contribution in [1.29, 1.82) is 0 Å². The maximum Gasteiger partial charge on any atom is 0.275 e. The summed E-state index contributed by atoms with van der Waals surface area (Å²) in [6.45, 7) is 0. The number of hydrogen-bond acceptors (Lipinski definition) is 2. The van der Waals surface area contributed by atoms with Crippen LogP contribution >= 0.6 is 0 Å². The Labute approximate surface area is 103 Å². The van der Waals surface area contributed by atoms with Gasteiger partial charge in [-0.1, -0.05) is 0 Å². The Morgan fingerprint density at radius 3 is 2.56 bits per heavy atom. The van der Waals surface area contributed by atoms with Gasteiger partial charge in [-0.3, -0.25) is 4.79 Å². The summed E-state index contributed by atoms with van der Waals surface area (Å²) in [5, 5.41) is 9.29. The molecule has 0 aliphatic carbocycles. The molecule has 0 atom stereocenters. The molecule has 2 heterocycles. The molecule has 1 N–H and O–H groups in total. The summed E-state index contributed by atoms with van der Waals surface area (Å²) in [5.74, 6) is 0.214. The van der Waals surface area contributed by atoms with Crippen molar-refractivity contribution in [2.24, 2.45) is 7.05 Å². The monoisotopic (exact) mass is 240 g/mol. The zero-order valence-corrected chi connectivity index (χ0v) is 9.87. The lowest BCUT2D eigenvalue weighted by atomic mass is 10.1. The maximum absolute atomic E-state index is 12.1. The van der Waals surface area contributed by atoms with E-state index in [4.69, 9.17) is 0 Å². The molecular formula is C14H12N2O2. The summed E-state index contributed by atoms with van der Waals surface area (Å²) in [6, 6.07) is 10.4. The molecular weight excluding hydrogens is 228 g/mol. The van der Waals surface area contributed by atoms with Crippen LogP contribution in [0.3, 0.4) is 0 Å². The number of aromatic nitrogens is 2. The second-order valence-corrected chi connectivity index (χ2v) is 4.23. The van der Waals surface area contributed by atoms with Crippen molar-refractivity contribution in [3.05, 3.63) is 59.1 Å². The Kier molecular flexibility index (Phi) is 2.23. The average molecular weight is 240 g/mol. The minimum atomic E-state index is -0.0365. The number of hydrogen-bond donors (Lipinski definition) is 1. The molecule has 0 amide bonds. The molecule has 90 valence electrons. The van der Waals surface area contributed by atoms with Gasteiger partial charge in [0.2, 0.25) is 0 Å². The van der Waals surface area contributed by atoms with Crippen molar-refractivity contribution in [3.8, 4) is 17.0 Å². The molecule has 0 fully saturated rings. The van der Waals surface area contributed by atoms with Gasteiger partial charge in [-0.05, 0) is 36.4 Å². The molecule has 0 aliphatic rings. The molecule has 2 aromatic heterocycles. The van der Waals surface area contributed by atoms with Crippen LogP contribution in [0.5, 0.6) is 5.75 Å². The van der Waals surface area contributed by atoms with E-state index in [0.29, 0.717) is 5.52 Å². The smallest absolute Gasteiger partial charge is 0.275 e. The van der Waals surface area contributed by atoms with Crippen LogP contribution in [-0.4, -0.2) is 14.1 Å². The van der Waals surface area contributed by atoms with E-state index < -0.39 is 0 Å². The summed E-state index contributed by atoms with van der Waals surface area (Å²) >= 11 is 0. The maximum atomic E-state index is 12.1. The van der Waals surface area contributed by atoms with Gasteiger partial charge in [-0.15, -0.1) is 0 Å². The van der Waals surface area contributed by atoms with Gasteiger partial charge in [0.05, 0.1) is 5.69 Å². The fraction of sp³-hybridized carbons (Fsp3) is 0.0714. The van der Waals surface area contributed by atoms with Gasteiger partial charge >= 0.3 is 0 Å². The third kappa shape index (κ3) is 1.50. The predicted octanol–water partition coefficient (Wildman–Crippen LogP) is 2.01. The van der Waals surface area contributed by atoms with E-state index in [0.717, 1.165) is 11.3 Å². The fourth-order valence-electron chi connectivity index (χ4n) is 2.09. The minimum absolute atomic E-state index is 0.0365. The number of fused-ring (bicyclic) bond motifs is 1. The number of phenolic OH excluding ortho intramolecular Hbond substituents is 1. The van der Waals surface area contributed by atoms with Crippen LogP contribution in [0.15, 0.2) is 53.6 Å². The summed E-state index contributed by atoms with van der Waals surface area (Å²) < 4.78 is 3.42. The van der Waals surface area contributed by atoms with Gasteiger partial charge in [0, 0.05) is 25.0 Å². The van der Waals surface area contributed by atoms with E-state index in [1.165, 1.54) is 0 Å². The first kappa shape index (κ1) is 10.7. The zero-order chi connectivity index (χ0) is 12.7. The summed E-state index contributed by atoms with van der Waals surface area (Å²) in [7, 11) is 1.75. The first-order valence-electron chi connectivity index (χ1n) is 5.63. The van der Waals surface area contributed by atoms with Gasteiger partial charge in [0.15, 0.2) is 0 Å². The first-order chi connectivity index (χ1) is 8.66. The fourth-order valence-corrected chi connectivity index (χ4v) is 2.09. The molecule has 18 heavy (non-hydrogen) atoms. The predicted molar refractivity (Wildman–Crippen MR) is 69.7 cm³/mol. The molecule has 0 saturated heterocycles. The highest BCUT2D eigenvalue weighted by Crippen LogP contribution is 2.20. The number of rotatable bonds is 1. The molecule has 4 nitrogen and oxygen atoms in total. The lowest BCUT2D eigenvalue weighted by Gasteiger charge is -2.09. The molecule has 4 heteroatoms. The molecule has 0 saturated carbocycles. The SMILES string of the molecule is Cn1c(-c2ccc(O)cc2)cn2cccc2c1=O. The third-order valence-electron chi connectivity index (χ3n) is 3.09. The Balaban J connectivity index is 2.32. The van der Waals surface area contributed by atoms with Gasteiger partial charge < -0.3 is 14.1 Å². The summed E-state index contributed by atoms with van der Waals surface area (Å²) in [5.41, 5.74) is 2.32. The van der Waals surface area contributed by atoms with Crippen molar-refractivity contribution in [1.82, 2.24) is 8.97 Å². The number of aromatic hydroxyl groups is 1. The Morgan fingerprint density at radius 2 is 1.83 bits per heavy atom. The quantitative estimate of drug-likeness (QED) is 0.707. The van der Waals surface area contributed by atoms with Crippen LogP contribution in [0.25, 0.3) is 16.8 Å². The Morgan fingerprint density at radius 1 is 1.11 bits per heavy atom. The highest BCUT2D eigenvalue weighted by Gasteiger charge is 2.07. The van der Waals surface area contributed by atoms with E-state index in [2.05, 4.69) is 0 Å². The second kappa shape index (κ2) is 3.77. The highest BCUT2D eigenvalue weighted by atomic mass is 16.3. The molecule has 0 bridgehead atoms. The van der Waals surface area contributed by atoms with Gasteiger partial charge in [0.1, 0.15) is 11.3 Å². The Bertz CT molecular complexity index is 767. The van der Waals surface area contributed by atoms with Crippen molar-refractivity contribution in [2.75, 3.05) is 0 Å². The molecule has 0 radical (unpaired) electrons. The van der Waals surface area contributed by atoms with Crippen LogP contribution in [0.1, 0.15) is 0 Å². The van der Waals surface area contributed by atoms with E-state index in [-0.39, 0.29) is 11.3 Å². The normalized spacial score (nSPS) is 10.9. The van der Waals surface area contributed by atoms with Crippen molar-refractivity contribution in [2.45, 2.75) is 0 Å². The zero-order valence-electron chi connectivity index (χ0n) is 9.87. The van der Waals surface area contributed by atoms with E-state index in [9.17, 15) is 9.90 Å². The molecule has 3 aromatic rings. The van der Waals surface area contributed by atoms with E-state index in [1.54, 1.807) is 41.9 Å². The van der Waals surface area contributed by atoms with Crippen LogP contribution in [-0.2, 0) is 7.05 Å².